The number of thiocarbonyl (C=S) groups is 1. The maximum atomic E-state index is 10.2. The minimum Gasteiger partial charge on any atom is -0.619 e. The molecule has 0 saturated heterocycles. The molecule has 46 valence electrons. The second-order valence-corrected chi connectivity index (χ2v) is 1.55. The molecule has 6 N–H and O–H groups in total. The lowest BCUT2D eigenvalue weighted by atomic mass is 10.9. The number of nitrogens with two attached hydrogens (primary N) is 2. The largest absolute Gasteiger partial charge is 0.619 e. The highest BCUT2D eigenvalue weighted by molar-refractivity contribution is 7.79. The molecule has 6 heteroatoms. The average Bonchev–Trinajstić information content (AvgIpc) is 1.64. The van der Waals surface area contributed by atoms with Gasteiger partial charge in [0.2, 0.25) is 0 Å². The quantitative estimate of drug-likeness (QED) is 0.127. The van der Waals surface area contributed by atoms with Crippen LogP contribution in [0.2, 0.25) is 0 Å². The summed E-state index contributed by atoms with van der Waals surface area (Å²) in [4.78, 5) is 0. The van der Waals surface area contributed by atoms with Gasteiger partial charge in [0.1, 0.15) is 0 Å². The van der Waals surface area contributed by atoms with Crippen LogP contribution in [0.15, 0.2) is 0 Å². The molecular formula is C2H6N4OS. The van der Waals surface area contributed by atoms with Gasteiger partial charge in [-0.15, -0.1) is 0 Å². The second kappa shape index (κ2) is 2.55. The van der Waals surface area contributed by atoms with Crippen LogP contribution < -0.4 is 16.5 Å². The molecule has 0 fully saturated rings. The van der Waals surface area contributed by atoms with Gasteiger partial charge < -0.3 is 16.7 Å². The highest BCUT2D eigenvalue weighted by Gasteiger charge is 2.01. The average molecular weight is 134 g/mol. The van der Waals surface area contributed by atoms with Crippen molar-refractivity contribution in [1.29, 1.82) is 5.41 Å². The van der Waals surface area contributed by atoms with Crippen molar-refractivity contribution in [1.82, 2.24) is 0 Å². The second-order valence-electron chi connectivity index (χ2n) is 1.11. The third-order valence-electron chi connectivity index (χ3n) is 0.468. The van der Waals surface area contributed by atoms with Crippen LogP contribution in [0.25, 0.3) is 0 Å². The Morgan fingerprint density at radius 2 is 2.00 bits per heavy atom. The first-order valence-electron chi connectivity index (χ1n) is 1.74. The Morgan fingerprint density at radius 1 is 1.62 bits per heavy atom. The number of hydrogen-bond acceptors (Lipinski definition) is 3. The molecular weight excluding hydrogens is 128 g/mol. The fraction of sp³-hybridized carbons (Fsp3) is 0. The molecule has 0 spiro atoms. The zero-order chi connectivity index (χ0) is 6.73. The van der Waals surface area contributed by atoms with Crippen LogP contribution in [0.5, 0.6) is 0 Å². The van der Waals surface area contributed by atoms with Crippen molar-refractivity contribution in [2.75, 3.05) is 0 Å². The van der Waals surface area contributed by atoms with Gasteiger partial charge in [-0.2, -0.15) is 0 Å². The van der Waals surface area contributed by atoms with Gasteiger partial charge in [0.15, 0.2) is 0 Å². The van der Waals surface area contributed by atoms with Crippen molar-refractivity contribution in [2.24, 2.45) is 11.5 Å². The van der Waals surface area contributed by atoms with E-state index < -0.39 is 11.0 Å². The first-order chi connectivity index (χ1) is 3.55. The van der Waals surface area contributed by atoms with Crippen LogP contribution in [-0.4, -0.2) is 11.1 Å². The minimum absolute atomic E-state index is 0.363. The van der Waals surface area contributed by atoms with E-state index in [0.29, 0.717) is 0 Å². The number of rotatable bonds is 0. The lowest BCUT2D eigenvalue weighted by Gasteiger charge is -2.14. The Morgan fingerprint density at radius 3 is 2.00 bits per heavy atom. The van der Waals surface area contributed by atoms with E-state index in [4.69, 9.17) is 16.9 Å². The number of nitrogens with one attached hydrogen (secondary N) is 2. The minimum atomic E-state index is -0.778. The van der Waals surface area contributed by atoms with Gasteiger partial charge in [-0.1, -0.05) is 0 Å². The molecule has 0 aliphatic rings. The van der Waals surface area contributed by atoms with Crippen molar-refractivity contribution in [3.8, 4) is 0 Å². The molecule has 1 atom stereocenters. The van der Waals surface area contributed by atoms with Gasteiger partial charge in [-0.25, -0.2) is 5.41 Å². The fourth-order valence-corrected chi connectivity index (χ4v) is 0.243. The van der Waals surface area contributed by atoms with Crippen molar-refractivity contribution in [2.45, 2.75) is 0 Å². The first kappa shape index (κ1) is 7.28. The molecule has 0 amide bonds. The Balaban J connectivity index is 3.83. The first-order valence-corrected chi connectivity index (χ1v) is 2.14. The molecule has 0 heterocycles. The molecule has 0 aliphatic carbocycles. The van der Waals surface area contributed by atoms with Crippen LogP contribution in [0.4, 0.5) is 0 Å². The van der Waals surface area contributed by atoms with Crippen molar-refractivity contribution >= 4 is 23.3 Å². The van der Waals surface area contributed by atoms with Crippen molar-refractivity contribution in [3.63, 3.8) is 0 Å². The lowest BCUT2D eigenvalue weighted by molar-refractivity contribution is -0.637. The van der Waals surface area contributed by atoms with Gasteiger partial charge in [0.05, 0.1) is 0 Å². The van der Waals surface area contributed by atoms with Crippen LogP contribution in [0.1, 0.15) is 0 Å². The van der Waals surface area contributed by atoms with E-state index in [1.807, 2.05) is 0 Å². The summed E-state index contributed by atoms with van der Waals surface area (Å²) < 4.78 is 0. The van der Waals surface area contributed by atoms with E-state index in [-0.39, 0.29) is 5.11 Å². The third-order valence-corrected chi connectivity index (χ3v) is 0.654. The summed E-state index contributed by atoms with van der Waals surface area (Å²) in [6.07, 6.45) is 0. The Hall–Kier alpha value is -0.720. The van der Waals surface area contributed by atoms with E-state index in [1.165, 1.54) is 0 Å². The van der Waals surface area contributed by atoms with E-state index >= 15 is 0 Å². The summed E-state index contributed by atoms with van der Waals surface area (Å²) in [5.41, 5.74) is 9.50. The van der Waals surface area contributed by atoms with Gasteiger partial charge in [0, 0.05) is 12.2 Å². The molecule has 0 aliphatic heterocycles. The molecule has 5 nitrogen and oxygen atoms in total. The molecule has 0 aromatic rings. The van der Waals surface area contributed by atoms with E-state index in [0.717, 1.165) is 0 Å². The van der Waals surface area contributed by atoms with Crippen LogP contribution >= 0.6 is 12.2 Å². The van der Waals surface area contributed by atoms with Crippen molar-refractivity contribution in [3.05, 3.63) is 5.21 Å². The summed E-state index contributed by atoms with van der Waals surface area (Å²) in [7, 11) is 0. The van der Waals surface area contributed by atoms with Gasteiger partial charge in [0.25, 0.3) is 11.1 Å². The Bertz CT molecular complexity index is 109. The van der Waals surface area contributed by atoms with Crippen molar-refractivity contribution < 1.29 is 5.06 Å². The summed E-state index contributed by atoms with van der Waals surface area (Å²) >= 11 is 4.20. The summed E-state index contributed by atoms with van der Waals surface area (Å²) in [5, 5.41) is 15.6. The molecule has 0 bridgehead atoms. The zero-order valence-corrected chi connectivity index (χ0v) is 4.79. The highest BCUT2D eigenvalue weighted by atomic mass is 32.1. The van der Waals surface area contributed by atoms with Crippen LogP contribution in [0, 0.1) is 10.6 Å². The smallest absolute Gasteiger partial charge is 0.297 e. The van der Waals surface area contributed by atoms with Gasteiger partial charge in [-0.3, -0.25) is 5.06 Å². The molecule has 8 heavy (non-hydrogen) atoms. The fourth-order valence-electron chi connectivity index (χ4n) is 0.133. The monoisotopic (exact) mass is 134 g/mol. The molecule has 0 aromatic carbocycles. The molecule has 0 radical (unpaired) electrons. The number of guanidine groups is 1. The molecule has 0 rings (SSSR count). The summed E-state index contributed by atoms with van der Waals surface area (Å²) in [6, 6.07) is 0. The topological polar surface area (TPSA) is 103 Å². The molecule has 0 aromatic heterocycles. The number of quaternary nitrogens is 1. The van der Waals surface area contributed by atoms with Gasteiger partial charge >= 0.3 is 0 Å². The number of hydrogen-bond donors (Lipinski definition) is 4. The normalized spacial score (nSPS) is 12.6. The predicted molar refractivity (Wildman–Crippen MR) is 33.0 cm³/mol. The molecule has 0 saturated carbocycles. The molecule has 1 unspecified atom stereocenters. The zero-order valence-electron chi connectivity index (χ0n) is 3.97. The lowest BCUT2D eigenvalue weighted by Crippen LogP contribution is -3.15. The highest BCUT2D eigenvalue weighted by Crippen LogP contribution is 1.42. The standard InChI is InChI=1S/C2H6N4OS/c3-1(4)6(7)2(5)8/h6H,(H3,3,4)(H2,5,8). The van der Waals surface area contributed by atoms with Crippen LogP contribution in [0.3, 0.4) is 0 Å². The number of hydroxylamine groups is 2. The predicted octanol–water partition coefficient (Wildman–Crippen LogP) is -2.49. The summed E-state index contributed by atoms with van der Waals surface area (Å²) in [6.45, 7) is 0. The van der Waals surface area contributed by atoms with E-state index in [9.17, 15) is 5.21 Å². The van der Waals surface area contributed by atoms with Gasteiger partial charge in [-0.05, 0) is 0 Å². The maximum absolute atomic E-state index is 10.2. The maximum Gasteiger partial charge on any atom is 0.297 e. The Kier molecular flexibility index (Phi) is 2.32. The summed E-state index contributed by atoms with van der Waals surface area (Å²) in [5.74, 6) is -0.613. The Labute approximate surface area is 51.3 Å². The van der Waals surface area contributed by atoms with E-state index in [2.05, 4.69) is 12.2 Å². The SMILES string of the molecule is N=C(N)[NH+]([O-])C(N)=S. The van der Waals surface area contributed by atoms with E-state index in [1.54, 1.807) is 0 Å². The van der Waals surface area contributed by atoms with Crippen LogP contribution in [-0.2, 0) is 0 Å². The third kappa shape index (κ3) is 1.82.